The van der Waals surface area contributed by atoms with Crippen molar-refractivity contribution in [2.24, 2.45) is 7.05 Å². The molecule has 0 amide bonds. The highest BCUT2D eigenvalue weighted by molar-refractivity contribution is 5.84. The van der Waals surface area contributed by atoms with E-state index in [4.69, 9.17) is 0 Å². The zero-order valence-corrected chi connectivity index (χ0v) is 9.69. The van der Waals surface area contributed by atoms with Crippen LogP contribution in [-0.4, -0.2) is 15.8 Å². The monoisotopic (exact) mass is 214 g/mol. The van der Waals surface area contributed by atoms with Crippen LogP contribution in [0.2, 0.25) is 0 Å². The number of aryl methyl sites for hydroxylation is 2. The molecule has 3 heteroatoms. The molecular weight excluding hydrogens is 200 g/mol. The number of carbonyl (C=O) groups excluding carboxylic acids is 1. The quantitative estimate of drug-likeness (QED) is 0.720. The number of benzene rings is 1. The maximum Gasteiger partial charge on any atom is 0.170 e. The van der Waals surface area contributed by atoms with Gasteiger partial charge in [0.05, 0.1) is 5.69 Å². The Balaban J connectivity index is 2.67. The highest BCUT2D eigenvalue weighted by Gasteiger charge is 2.13. The lowest BCUT2D eigenvalue weighted by Gasteiger charge is -2.05. The third-order valence-electron chi connectivity index (χ3n) is 2.75. The molecule has 1 heterocycles. The van der Waals surface area contributed by atoms with Gasteiger partial charge in [0, 0.05) is 12.6 Å². The normalized spacial score (nSPS) is 10.4. The molecule has 0 saturated heterocycles. The van der Waals surface area contributed by atoms with Gasteiger partial charge in [-0.2, -0.15) is 0 Å². The first-order valence-corrected chi connectivity index (χ1v) is 5.19. The minimum atomic E-state index is 0.505. The van der Waals surface area contributed by atoms with Crippen molar-refractivity contribution in [2.45, 2.75) is 13.8 Å². The summed E-state index contributed by atoms with van der Waals surface area (Å²) in [5.74, 6) is 0.846. The molecule has 0 atom stereocenters. The van der Waals surface area contributed by atoms with Gasteiger partial charge in [-0.25, -0.2) is 4.98 Å². The van der Waals surface area contributed by atoms with Crippen LogP contribution in [0.1, 0.15) is 21.9 Å². The lowest BCUT2D eigenvalue weighted by Crippen LogP contribution is -1.95. The van der Waals surface area contributed by atoms with E-state index in [-0.39, 0.29) is 0 Å². The molecule has 2 aromatic rings. The summed E-state index contributed by atoms with van der Waals surface area (Å²) in [6.45, 7) is 3.93. The molecule has 0 N–H and O–H groups in total. The summed E-state index contributed by atoms with van der Waals surface area (Å²) >= 11 is 0. The Labute approximate surface area is 94.7 Å². The third kappa shape index (κ3) is 1.65. The van der Waals surface area contributed by atoms with Gasteiger partial charge in [-0.15, -0.1) is 0 Å². The van der Waals surface area contributed by atoms with Crippen LogP contribution in [0.5, 0.6) is 0 Å². The highest BCUT2D eigenvalue weighted by Crippen LogP contribution is 2.23. The van der Waals surface area contributed by atoms with E-state index in [1.165, 1.54) is 5.56 Å². The summed E-state index contributed by atoms with van der Waals surface area (Å²) in [6.07, 6.45) is 0.810. The largest absolute Gasteiger partial charge is 0.331 e. The Morgan fingerprint density at radius 3 is 2.69 bits per heavy atom. The molecule has 0 aliphatic heterocycles. The second-order valence-electron chi connectivity index (χ2n) is 3.94. The predicted octanol–water partition coefficient (Wildman–Crippen LogP) is 2.52. The first-order chi connectivity index (χ1) is 7.63. The first-order valence-electron chi connectivity index (χ1n) is 5.19. The third-order valence-corrected chi connectivity index (χ3v) is 2.75. The molecule has 0 spiro atoms. The smallest absolute Gasteiger partial charge is 0.170 e. The van der Waals surface area contributed by atoms with Crippen molar-refractivity contribution in [2.75, 3.05) is 0 Å². The Morgan fingerprint density at radius 1 is 1.31 bits per heavy atom. The van der Waals surface area contributed by atoms with Crippen LogP contribution in [0, 0.1) is 13.8 Å². The molecule has 0 bridgehead atoms. The summed E-state index contributed by atoms with van der Waals surface area (Å²) in [6, 6.07) is 8.08. The fourth-order valence-corrected chi connectivity index (χ4v) is 1.85. The van der Waals surface area contributed by atoms with Crippen molar-refractivity contribution in [3.8, 4) is 11.3 Å². The van der Waals surface area contributed by atoms with Crippen molar-refractivity contribution >= 4 is 6.29 Å². The van der Waals surface area contributed by atoms with E-state index >= 15 is 0 Å². The van der Waals surface area contributed by atoms with Crippen LogP contribution in [0.25, 0.3) is 11.3 Å². The lowest BCUT2D eigenvalue weighted by molar-refractivity contribution is 0.112. The van der Waals surface area contributed by atoms with Gasteiger partial charge in [0.1, 0.15) is 11.5 Å². The first kappa shape index (κ1) is 10.6. The number of carbonyl (C=O) groups is 1. The molecule has 0 aliphatic carbocycles. The average Bonchev–Trinajstić information content (AvgIpc) is 2.55. The number of nitrogens with zero attached hydrogens (tertiary/aromatic N) is 2. The molecule has 0 radical (unpaired) electrons. The van der Waals surface area contributed by atoms with Crippen LogP contribution in [0.3, 0.4) is 0 Å². The second kappa shape index (κ2) is 3.93. The van der Waals surface area contributed by atoms with Crippen LogP contribution >= 0.6 is 0 Å². The number of imidazole rings is 1. The fourth-order valence-electron chi connectivity index (χ4n) is 1.85. The molecule has 3 nitrogen and oxygen atoms in total. The Hall–Kier alpha value is -1.90. The standard InChI is InChI=1S/C13H14N2O/c1-9-5-4-6-11(7-9)13-12(8-16)14-10(2)15(13)3/h4-8H,1-3H3. The van der Waals surface area contributed by atoms with E-state index in [0.717, 1.165) is 23.4 Å². The summed E-state index contributed by atoms with van der Waals surface area (Å²) in [5.41, 5.74) is 3.60. The van der Waals surface area contributed by atoms with Gasteiger partial charge in [0.15, 0.2) is 6.29 Å². The van der Waals surface area contributed by atoms with E-state index in [1.807, 2.05) is 43.7 Å². The molecular formula is C13H14N2O. The lowest BCUT2D eigenvalue weighted by atomic mass is 10.1. The zero-order chi connectivity index (χ0) is 11.7. The second-order valence-corrected chi connectivity index (χ2v) is 3.94. The summed E-state index contributed by atoms with van der Waals surface area (Å²) in [5, 5.41) is 0. The summed E-state index contributed by atoms with van der Waals surface area (Å²) in [4.78, 5) is 15.2. The van der Waals surface area contributed by atoms with E-state index in [2.05, 4.69) is 11.1 Å². The van der Waals surface area contributed by atoms with Gasteiger partial charge in [-0.3, -0.25) is 4.79 Å². The molecule has 0 fully saturated rings. The van der Waals surface area contributed by atoms with Gasteiger partial charge in [0.2, 0.25) is 0 Å². The maximum atomic E-state index is 11.0. The predicted molar refractivity (Wildman–Crippen MR) is 63.5 cm³/mol. The minimum absolute atomic E-state index is 0.505. The van der Waals surface area contributed by atoms with E-state index in [0.29, 0.717) is 5.69 Å². The average molecular weight is 214 g/mol. The maximum absolute atomic E-state index is 11.0. The van der Waals surface area contributed by atoms with Crippen molar-refractivity contribution in [3.63, 3.8) is 0 Å². The Bertz CT molecular complexity index is 541. The van der Waals surface area contributed by atoms with Crippen molar-refractivity contribution < 1.29 is 4.79 Å². The molecule has 82 valence electrons. The van der Waals surface area contributed by atoms with Crippen LogP contribution in [0.15, 0.2) is 24.3 Å². The van der Waals surface area contributed by atoms with Gasteiger partial charge >= 0.3 is 0 Å². The molecule has 1 aromatic heterocycles. The van der Waals surface area contributed by atoms with E-state index in [1.54, 1.807) is 0 Å². The SMILES string of the molecule is Cc1cccc(-c2c(C=O)nc(C)n2C)c1. The van der Waals surface area contributed by atoms with E-state index in [9.17, 15) is 4.79 Å². The Morgan fingerprint density at radius 2 is 2.06 bits per heavy atom. The van der Waals surface area contributed by atoms with Gasteiger partial charge in [-0.1, -0.05) is 23.8 Å². The molecule has 2 rings (SSSR count). The zero-order valence-electron chi connectivity index (χ0n) is 9.69. The van der Waals surface area contributed by atoms with Crippen molar-refractivity contribution in [1.82, 2.24) is 9.55 Å². The topological polar surface area (TPSA) is 34.9 Å². The molecule has 1 aromatic carbocycles. The summed E-state index contributed by atoms with van der Waals surface area (Å²) in [7, 11) is 1.92. The number of aldehydes is 1. The number of hydrogen-bond donors (Lipinski definition) is 0. The summed E-state index contributed by atoms with van der Waals surface area (Å²) < 4.78 is 1.94. The number of aromatic nitrogens is 2. The van der Waals surface area contributed by atoms with Gasteiger partial charge < -0.3 is 4.57 Å². The van der Waals surface area contributed by atoms with Crippen LogP contribution < -0.4 is 0 Å². The van der Waals surface area contributed by atoms with Crippen LogP contribution in [0.4, 0.5) is 0 Å². The van der Waals surface area contributed by atoms with E-state index < -0.39 is 0 Å². The van der Waals surface area contributed by atoms with Crippen LogP contribution in [-0.2, 0) is 7.05 Å². The van der Waals surface area contributed by atoms with Gasteiger partial charge in [0.25, 0.3) is 0 Å². The minimum Gasteiger partial charge on any atom is -0.331 e. The molecule has 0 aliphatic rings. The molecule has 16 heavy (non-hydrogen) atoms. The number of rotatable bonds is 2. The molecule has 0 saturated carbocycles. The fraction of sp³-hybridized carbons (Fsp3) is 0.231. The van der Waals surface area contributed by atoms with Gasteiger partial charge in [-0.05, 0) is 19.9 Å². The Kier molecular flexibility index (Phi) is 2.60. The number of hydrogen-bond acceptors (Lipinski definition) is 2. The van der Waals surface area contributed by atoms with Crippen molar-refractivity contribution in [1.29, 1.82) is 0 Å². The highest BCUT2D eigenvalue weighted by atomic mass is 16.1. The van der Waals surface area contributed by atoms with Crippen molar-refractivity contribution in [3.05, 3.63) is 41.3 Å². The molecule has 0 unspecified atom stereocenters.